The lowest BCUT2D eigenvalue weighted by Crippen LogP contribution is -2.24. The Balaban J connectivity index is 2.08. The molecule has 98 valence electrons. The first-order valence-electron chi connectivity index (χ1n) is 5.81. The quantitative estimate of drug-likeness (QED) is 0.846. The molecule has 5 heteroatoms. The van der Waals surface area contributed by atoms with Crippen LogP contribution in [0.4, 0.5) is 5.69 Å². The minimum Gasteiger partial charge on any atom is -0.398 e. The van der Waals surface area contributed by atoms with Crippen molar-refractivity contribution in [3.63, 3.8) is 0 Å². The summed E-state index contributed by atoms with van der Waals surface area (Å²) in [5.74, 6) is -0.237. The molecule has 1 aromatic carbocycles. The Labute approximate surface area is 116 Å². The van der Waals surface area contributed by atoms with Gasteiger partial charge in [0.1, 0.15) is 0 Å². The van der Waals surface area contributed by atoms with Crippen molar-refractivity contribution in [1.82, 2.24) is 10.3 Å². The zero-order valence-corrected chi connectivity index (χ0v) is 11.2. The van der Waals surface area contributed by atoms with Crippen molar-refractivity contribution < 1.29 is 4.79 Å². The van der Waals surface area contributed by atoms with Gasteiger partial charge in [0.15, 0.2) is 0 Å². The number of hydrogen-bond acceptors (Lipinski definition) is 3. The zero-order chi connectivity index (χ0) is 13.8. The van der Waals surface area contributed by atoms with E-state index in [1.54, 1.807) is 24.4 Å². The van der Waals surface area contributed by atoms with Crippen LogP contribution in [0.5, 0.6) is 0 Å². The molecule has 0 atom stereocenters. The molecule has 1 amide bonds. The molecular formula is C14H14ClN3O. The fourth-order valence-corrected chi connectivity index (χ4v) is 1.88. The molecule has 0 spiro atoms. The number of nitrogen functional groups attached to an aromatic ring is 1. The third kappa shape index (κ3) is 3.23. The molecule has 0 unspecified atom stereocenters. The number of aromatic nitrogens is 1. The van der Waals surface area contributed by atoms with Crippen LogP contribution in [-0.4, -0.2) is 10.9 Å². The molecule has 0 aliphatic carbocycles. The lowest BCUT2D eigenvalue weighted by molar-refractivity contribution is 0.0951. The number of nitrogens with zero attached hydrogens (tertiary/aromatic N) is 1. The number of nitrogens with two attached hydrogens (primary N) is 1. The van der Waals surface area contributed by atoms with E-state index in [1.165, 1.54) is 0 Å². The standard InChI is InChI=1S/C14H14ClN3O/c1-9-3-2-6-17-13(9)8-18-14(19)11-5-4-10(15)7-12(11)16/h2-7H,8,16H2,1H3,(H,18,19). The van der Waals surface area contributed by atoms with Crippen LogP contribution in [0.1, 0.15) is 21.6 Å². The van der Waals surface area contributed by atoms with Crippen molar-refractivity contribution in [3.05, 3.63) is 58.4 Å². The highest BCUT2D eigenvalue weighted by atomic mass is 35.5. The Kier molecular flexibility index (Phi) is 4.02. The van der Waals surface area contributed by atoms with Crippen LogP contribution in [0.2, 0.25) is 5.02 Å². The maximum atomic E-state index is 12.0. The smallest absolute Gasteiger partial charge is 0.253 e. The number of hydrogen-bond donors (Lipinski definition) is 2. The van der Waals surface area contributed by atoms with Crippen molar-refractivity contribution in [2.24, 2.45) is 0 Å². The highest BCUT2D eigenvalue weighted by molar-refractivity contribution is 6.31. The predicted molar refractivity (Wildman–Crippen MR) is 76.0 cm³/mol. The lowest BCUT2D eigenvalue weighted by Gasteiger charge is -2.08. The van der Waals surface area contributed by atoms with E-state index in [4.69, 9.17) is 17.3 Å². The van der Waals surface area contributed by atoms with Gasteiger partial charge in [-0.05, 0) is 36.8 Å². The average Bonchev–Trinajstić information content (AvgIpc) is 2.37. The van der Waals surface area contributed by atoms with Gasteiger partial charge in [0, 0.05) is 16.9 Å². The summed E-state index contributed by atoms with van der Waals surface area (Å²) < 4.78 is 0. The predicted octanol–water partition coefficient (Wildman–Crippen LogP) is 2.56. The third-order valence-electron chi connectivity index (χ3n) is 2.79. The molecule has 0 radical (unpaired) electrons. The number of anilines is 1. The van der Waals surface area contributed by atoms with E-state index < -0.39 is 0 Å². The molecule has 3 N–H and O–H groups in total. The molecule has 1 heterocycles. The highest BCUT2D eigenvalue weighted by Crippen LogP contribution is 2.18. The number of halogens is 1. The van der Waals surface area contributed by atoms with Crippen LogP contribution in [0.25, 0.3) is 0 Å². The van der Waals surface area contributed by atoms with Gasteiger partial charge >= 0.3 is 0 Å². The van der Waals surface area contributed by atoms with E-state index in [1.807, 2.05) is 19.1 Å². The van der Waals surface area contributed by atoms with E-state index in [2.05, 4.69) is 10.3 Å². The summed E-state index contributed by atoms with van der Waals surface area (Å²) in [6.45, 7) is 2.32. The van der Waals surface area contributed by atoms with E-state index in [9.17, 15) is 4.79 Å². The van der Waals surface area contributed by atoms with Crippen LogP contribution in [0.15, 0.2) is 36.5 Å². The normalized spacial score (nSPS) is 10.2. The summed E-state index contributed by atoms with van der Waals surface area (Å²) in [6, 6.07) is 8.61. The number of amides is 1. The molecule has 0 saturated carbocycles. The maximum absolute atomic E-state index is 12.0. The first kappa shape index (κ1) is 13.4. The van der Waals surface area contributed by atoms with Gasteiger partial charge < -0.3 is 11.1 Å². The van der Waals surface area contributed by atoms with Gasteiger partial charge in [-0.3, -0.25) is 9.78 Å². The minimum absolute atomic E-state index is 0.237. The Hall–Kier alpha value is -2.07. The van der Waals surface area contributed by atoms with Crippen LogP contribution in [0.3, 0.4) is 0 Å². The van der Waals surface area contributed by atoms with Crippen LogP contribution in [0, 0.1) is 6.92 Å². The molecular weight excluding hydrogens is 262 g/mol. The fraction of sp³-hybridized carbons (Fsp3) is 0.143. The number of nitrogens with one attached hydrogen (secondary N) is 1. The number of rotatable bonds is 3. The number of carbonyl (C=O) groups is 1. The minimum atomic E-state index is -0.237. The topological polar surface area (TPSA) is 68.0 Å². The second-order valence-electron chi connectivity index (χ2n) is 4.18. The Bertz CT molecular complexity index is 613. The molecule has 0 fully saturated rings. The Morgan fingerprint density at radius 1 is 1.42 bits per heavy atom. The number of benzene rings is 1. The van der Waals surface area contributed by atoms with E-state index in [0.717, 1.165) is 11.3 Å². The van der Waals surface area contributed by atoms with Crippen LogP contribution in [-0.2, 0) is 6.54 Å². The fourth-order valence-electron chi connectivity index (χ4n) is 1.70. The average molecular weight is 276 g/mol. The maximum Gasteiger partial charge on any atom is 0.253 e. The summed E-state index contributed by atoms with van der Waals surface area (Å²) >= 11 is 5.79. The van der Waals surface area contributed by atoms with Gasteiger partial charge in [-0.15, -0.1) is 0 Å². The summed E-state index contributed by atoms with van der Waals surface area (Å²) in [7, 11) is 0. The largest absolute Gasteiger partial charge is 0.398 e. The van der Waals surface area contributed by atoms with Crippen molar-refractivity contribution in [2.45, 2.75) is 13.5 Å². The summed E-state index contributed by atoms with van der Waals surface area (Å²) in [5.41, 5.74) is 8.41. The lowest BCUT2D eigenvalue weighted by atomic mass is 10.1. The van der Waals surface area contributed by atoms with Crippen LogP contribution >= 0.6 is 11.6 Å². The Morgan fingerprint density at radius 2 is 2.21 bits per heavy atom. The summed E-state index contributed by atoms with van der Waals surface area (Å²) in [5, 5.41) is 3.30. The first-order chi connectivity index (χ1) is 9.08. The molecule has 2 rings (SSSR count). The zero-order valence-electron chi connectivity index (χ0n) is 10.5. The molecule has 4 nitrogen and oxygen atoms in total. The SMILES string of the molecule is Cc1cccnc1CNC(=O)c1ccc(Cl)cc1N. The van der Waals surface area contributed by atoms with Crippen LogP contribution < -0.4 is 11.1 Å². The molecule has 0 bridgehead atoms. The summed E-state index contributed by atoms with van der Waals surface area (Å²) in [4.78, 5) is 16.2. The van der Waals surface area contributed by atoms with Gasteiger partial charge in [0.25, 0.3) is 5.91 Å². The third-order valence-corrected chi connectivity index (χ3v) is 3.03. The van der Waals surface area contributed by atoms with E-state index >= 15 is 0 Å². The van der Waals surface area contributed by atoms with Gasteiger partial charge in [0.2, 0.25) is 0 Å². The van der Waals surface area contributed by atoms with Gasteiger partial charge in [-0.1, -0.05) is 17.7 Å². The van der Waals surface area contributed by atoms with Crippen molar-refractivity contribution in [1.29, 1.82) is 0 Å². The molecule has 0 aliphatic rings. The number of carbonyl (C=O) groups excluding carboxylic acids is 1. The number of aryl methyl sites for hydroxylation is 1. The van der Waals surface area contributed by atoms with Crippen molar-refractivity contribution in [3.8, 4) is 0 Å². The monoisotopic (exact) mass is 275 g/mol. The van der Waals surface area contributed by atoms with Gasteiger partial charge in [-0.2, -0.15) is 0 Å². The Morgan fingerprint density at radius 3 is 2.89 bits per heavy atom. The van der Waals surface area contributed by atoms with Crippen molar-refractivity contribution >= 4 is 23.2 Å². The molecule has 2 aromatic rings. The van der Waals surface area contributed by atoms with E-state index in [-0.39, 0.29) is 5.91 Å². The molecule has 0 aliphatic heterocycles. The molecule has 19 heavy (non-hydrogen) atoms. The second-order valence-corrected chi connectivity index (χ2v) is 4.62. The van der Waals surface area contributed by atoms with Crippen molar-refractivity contribution in [2.75, 3.05) is 5.73 Å². The molecule has 1 aromatic heterocycles. The first-order valence-corrected chi connectivity index (χ1v) is 6.19. The van der Waals surface area contributed by atoms with Gasteiger partial charge in [0.05, 0.1) is 17.8 Å². The molecule has 0 saturated heterocycles. The highest BCUT2D eigenvalue weighted by Gasteiger charge is 2.10. The number of pyridine rings is 1. The van der Waals surface area contributed by atoms with Gasteiger partial charge in [-0.25, -0.2) is 0 Å². The summed E-state index contributed by atoms with van der Waals surface area (Å²) in [6.07, 6.45) is 1.70. The van der Waals surface area contributed by atoms with E-state index in [0.29, 0.717) is 22.8 Å². The second kappa shape index (κ2) is 5.71.